The highest BCUT2D eigenvalue weighted by Crippen LogP contribution is 2.19. The van der Waals surface area contributed by atoms with Crippen molar-refractivity contribution in [1.82, 2.24) is 0 Å². The molecule has 2 nitrogen and oxygen atoms in total. The van der Waals surface area contributed by atoms with E-state index < -0.39 is 6.04 Å². The van der Waals surface area contributed by atoms with Gasteiger partial charge in [-0.25, -0.2) is 0 Å². The zero-order chi connectivity index (χ0) is 12.3. The van der Waals surface area contributed by atoms with Crippen LogP contribution in [0, 0.1) is 6.92 Å². The minimum absolute atomic E-state index is 0.0660. The van der Waals surface area contributed by atoms with Gasteiger partial charge in [-0.3, -0.25) is 4.79 Å². The number of ketones is 1. The Morgan fingerprint density at radius 1 is 1.29 bits per heavy atom. The molecule has 88 valence electrons. The van der Waals surface area contributed by atoms with Crippen molar-refractivity contribution < 1.29 is 4.79 Å². The van der Waals surface area contributed by atoms with Gasteiger partial charge in [0.25, 0.3) is 0 Å². The van der Waals surface area contributed by atoms with Crippen molar-refractivity contribution in [2.75, 3.05) is 0 Å². The number of nitrogens with two attached hydrogens (primary N) is 1. The maximum atomic E-state index is 12.0. The molecule has 0 spiro atoms. The lowest BCUT2D eigenvalue weighted by molar-refractivity contribution is -0.119. The molecule has 0 fully saturated rings. The quantitative estimate of drug-likeness (QED) is 0.900. The highest BCUT2D eigenvalue weighted by atomic mass is 32.1. The van der Waals surface area contributed by atoms with Gasteiger partial charge in [-0.1, -0.05) is 35.9 Å². The van der Waals surface area contributed by atoms with Crippen LogP contribution in [0.2, 0.25) is 0 Å². The fourth-order valence-corrected chi connectivity index (χ4v) is 2.39. The van der Waals surface area contributed by atoms with Gasteiger partial charge in [-0.05, 0) is 23.9 Å². The molecule has 2 N–H and O–H groups in total. The highest BCUT2D eigenvalue weighted by molar-refractivity contribution is 7.10. The van der Waals surface area contributed by atoms with E-state index in [-0.39, 0.29) is 5.78 Å². The monoisotopic (exact) mass is 245 g/mol. The molecule has 3 heteroatoms. The second-order valence-corrected chi connectivity index (χ2v) is 5.10. The van der Waals surface area contributed by atoms with Gasteiger partial charge < -0.3 is 5.73 Å². The second kappa shape index (κ2) is 5.25. The normalized spacial score (nSPS) is 12.4. The lowest BCUT2D eigenvalue weighted by atomic mass is 10.0. The lowest BCUT2D eigenvalue weighted by Gasteiger charge is -2.08. The van der Waals surface area contributed by atoms with Crippen LogP contribution in [0.5, 0.6) is 0 Å². The summed E-state index contributed by atoms with van der Waals surface area (Å²) in [5, 5.41) is 1.94. The first-order chi connectivity index (χ1) is 8.16. The van der Waals surface area contributed by atoms with Crippen molar-refractivity contribution in [3.8, 4) is 0 Å². The number of carbonyl (C=O) groups excluding carboxylic acids is 1. The molecule has 1 atom stereocenters. The minimum atomic E-state index is -0.490. The first-order valence-corrected chi connectivity index (χ1v) is 6.42. The Morgan fingerprint density at radius 3 is 2.59 bits per heavy atom. The molecule has 0 aliphatic rings. The molecule has 0 aliphatic heterocycles. The van der Waals surface area contributed by atoms with Crippen LogP contribution in [0.25, 0.3) is 0 Å². The summed E-state index contributed by atoms with van der Waals surface area (Å²) in [5.74, 6) is 0.0660. The molecule has 0 aliphatic carbocycles. The van der Waals surface area contributed by atoms with Crippen LogP contribution in [-0.4, -0.2) is 5.78 Å². The third-order valence-corrected chi connectivity index (χ3v) is 3.65. The van der Waals surface area contributed by atoms with Gasteiger partial charge in [0.2, 0.25) is 0 Å². The Balaban J connectivity index is 2.04. The number of hydrogen-bond acceptors (Lipinski definition) is 3. The van der Waals surface area contributed by atoms with Crippen LogP contribution < -0.4 is 5.73 Å². The van der Waals surface area contributed by atoms with Gasteiger partial charge in [0.15, 0.2) is 5.78 Å². The number of rotatable bonds is 4. The van der Waals surface area contributed by atoms with Crippen LogP contribution in [0.15, 0.2) is 41.8 Å². The Hall–Kier alpha value is -1.45. The SMILES string of the molecule is Cc1ccc(CC(=O)C(N)c2cccs2)cc1. The summed E-state index contributed by atoms with van der Waals surface area (Å²) in [5.41, 5.74) is 8.14. The summed E-state index contributed by atoms with van der Waals surface area (Å²) in [4.78, 5) is 12.9. The van der Waals surface area contributed by atoms with Gasteiger partial charge in [-0.2, -0.15) is 0 Å². The maximum Gasteiger partial charge on any atom is 0.159 e. The van der Waals surface area contributed by atoms with E-state index in [1.54, 1.807) is 0 Å². The number of aryl methyl sites for hydroxylation is 1. The summed E-state index contributed by atoms with van der Waals surface area (Å²) in [6.07, 6.45) is 0.402. The molecular weight excluding hydrogens is 230 g/mol. The van der Waals surface area contributed by atoms with Crippen LogP contribution >= 0.6 is 11.3 Å². The number of benzene rings is 1. The Kier molecular flexibility index (Phi) is 3.71. The molecule has 1 heterocycles. The van der Waals surface area contributed by atoms with E-state index >= 15 is 0 Å². The van der Waals surface area contributed by atoms with Gasteiger partial charge in [0.05, 0.1) is 6.04 Å². The first-order valence-electron chi connectivity index (χ1n) is 5.54. The third-order valence-electron chi connectivity index (χ3n) is 2.70. The van der Waals surface area contributed by atoms with E-state index in [0.717, 1.165) is 10.4 Å². The van der Waals surface area contributed by atoms with E-state index in [2.05, 4.69) is 0 Å². The van der Waals surface area contributed by atoms with Crippen molar-refractivity contribution in [3.63, 3.8) is 0 Å². The van der Waals surface area contributed by atoms with E-state index in [0.29, 0.717) is 6.42 Å². The average Bonchev–Trinajstić information content (AvgIpc) is 2.84. The van der Waals surface area contributed by atoms with Crippen LogP contribution in [0.1, 0.15) is 22.0 Å². The molecule has 1 aromatic heterocycles. The summed E-state index contributed by atoms with van der Waals surface area (Å²) in [6, 6.07) is 11.3. The summed E-state index contributed by atoms with van der Waals surface area (Å²) in [6.45, 7) is 2.03. The number of thiophene rings is 1. The number of hydrogen-bond donors (Lipinski definition) is 1. The van der Waals surface area contributed by atoms with Crippen molar-refractivity contribution in [2.24, 2.45) is 5.73 Å². The molecule has 0 amide bonds. The molecule has 2 rings (SSSR count). The molecule has 0 bridgehead atoms. The van der Waals surface area contributed by atoms with Crippen molar-refractivity contribution >= 4 is 17.1 Å². The fraction of sp³-hybridized carbons (Fsp3) is 0.214. The molecule has 17 heavy (non-hydrogen) atoms. The highest BCUT2D eigenvalue weighted by Gasteiger charge is 2.16. The third kappa shape index (κ3) is 3.02. The zero-order valence-electron chi connectivity index (χ0n) is 9.72. The molecule has 2 aromatic rings. The van der Waals surface area contributed by atoms with Crippen LogP contribution in [-0.2, 0) is 11.2 Å². The molecule has 1 unspecified atom stereocenters. The molecule has 0 radical (unpaired) electrons. The predicted molar refractivity (Wildman–Crippen MR) is 71.1 cm³/mol. The molecule has 1 aromatic carbocycles. The van der Waals surface area contributed by atoms with Crippen LogP contribution in [0.4, 0.5) is 0 Å². The smallest absolute Gasteiger partial charge is 0.159 e. The lowest BCUT2D eigenvalue weighted by Crippen LogP contribution is -2.22. The van der Waals surface area contributed by atoms with Gasteiger partial charge in [0, 0.05) is 11.3 Å². The summed E-state index contributed by atoms with van der Waals surface area (Å²) < 4.78 is 0. The zero-order valence-corrected chi connectivity index (χ0v) is 10.5. The maximum absolute atomic E-state index is 12.0. The average molecular weight is 245 g/mol. The largest absolute Gasteiger partial charge is 0.317 e. The van der Waals surface area contributed by atoms with E-state index in [4.69, 9.17) is 5.73 Å². The number of Topliss-reactive ketones (excluding diaryl/α,β-unsaturated/α-hetero) is 1. The summed E-state index contributed by atoms with van der Waals surface area (Å²) >= 11 is 1.53. The standard InChI is InChI=1S/C14H15NOS/c1-10-4-6-11(7-5-10)9-12(16)14(15)13-3-2-8-17-13/h2-8,14H,9,15H2,1H3. The van der Waals surface area contributed by atoms with Crippen molar-refractivity contribution in [3.05, 3.63) is 57.8 Å². The predicted octanol–water partition coefficient (Wildman–Crippen LogP) is 2.87. The second-order valence-electron chi connectivity index (χ2n) is 4.12. The molecular formula is C14H15NOS. The van der Waals surface area contributed by atoms with E-state index in [9.17, 15) is 4.79 Å². The molecule has 0 saturated heterocycles. The Labute approximate surface area is 105 Å². The molecule has 0 saturated carbocycles. The number of carbonyl (C=O) groups is 1. The topological polar surface area (TPSA) is 43.1 Å². The minimum Gasteiger partial charge on any atom is -0.317 e. The summed E-state index contributed by atoms with van der Waals surface area (Å²) in [7, 11) is 0. The Morgan fingerprint density at radius 2 is 2.00 bits per heavy atom. The van der Waals surface area contributed by atoms with E-state index in [1.807, 2.05) is 48.7 Å². The van der Waals surface area contributed by atoms with Crippen molar-refractivity contribution in [1.29, 1.82) is 0 Å². The Bertz CT molecular complexity index is 487. The van der Waals surface area contributed by atoms with Crippen LogP contribution in [0.3, 0.4) is 0 Å². The van der Waals surface area contributed by atoms with Gasteiger partial charge in [-0.15, -0.1) is 11.3 Å². The first kappa shape index (κ1) is 12.0. The van der Waals surface area contributed by atoms with Gasteiger partial charge in [0.1, 0.15) is 0 Å². The van der Waals surface area contributed by atoms with Crippen molar-refractivity contribution in [2.45, 2.75) is 19.4 Å². The fourth-order valence-electron chi connectivity index (χ4n) is 1.64. The van der Waals surface area contributed by atoms with Gasteiger partial charge >= 0.3 is 0 Å². The van der Waals surface area contributed by atoms with E-state index in [1.165, 1.54) is 16.9 Å².